The second-order valence-electron chi connectivity index (χ2n) is 4.11. The third kappa shape index (κ3) is 3.22. The van der Waals surface area contributed by atoms with Crippen LogP contribution in [0.5, 0.6) is 0 Å². The van der Waals surface area contributed by atoms with E-state index in [-0.39, 0.29) is 11.9 Å². The van der Waals surface area contributed by atoms with Crippen molar-refractivity contribution in [2.45, 2.75) is 33.2 Å². The van der Waals surface area contributed by atoms with Gasteiger partial charge in [0.05, 0.1) is 4.88 Å². The van der Waals surface area contributed by atoms with E-state index in [0.717, 1.165) is 16.9 Å². The highest BCUT2D eigenvalue weighted by atomic mass is 35.5. The number of thiophene rings is 1. The Hall–Kier alpha value is -0.540. The van der Waals surface area contributed by atoms with Gasteiger partial charge in [0.25, 0.3) is 5.91 Å². The summed E-state index contributed by atoms with van der Waals surface area (Å²) in [6.07, 6.45) is 0.888. The molecule has 1 atom stereocenters. The van der Waals surface area contributed by atoms with Gasteiger partial charge < -0.3 is 5.32 Å². The third-order valence-electron chi connectivity index (χ3n) is 2.62. The second-order valence-corrected chi connectivity index (χ2v) is 5.33. The molecule has 2 nitrogen and oxygen atoms in total. The first-order valence-corrected chi connectivity index (χ1v) is 6.94. The number of hydrogen-bond donors (Lipinski definition) is 1. The molecule has 0 aromatic carbocycles. The molecular weight excluding hydrogens is 242 g/mol. The van der Waals surface area contributed by atoms with Gasteiger partial charge in [-0.2, -0.15) is 0 Å². The summed E-state index contributed by atoms with van der Waals surface area (Å²) in [5.41, 5.74) is 1.11. The topological polar surface area (TPSA) is 29.1 Å². The van der Waals surface area contributed by atoms with Gasteiger partial charge in [0, 0.05) is 11.9 Å². The first-order valence-electron chi connectivity index (χ1n) is 5.53. The Morgan fingerprint density at radius 3 is 2.75 bits per heavy atom. The average Bonchev–Trinajstić information content (AvgIpc) is 2.72. The highest BCUT2D eigenvalue weighted by Gasteiger charge is 2.18. The summed E-state index contributed by atoms with van der Waals surface area (Å²) in [5.74, 6) is 0.814. The molecule has 1 heterocycles. The predicted octanol–water partition coefficient (Wildman–Crippen LogP) is 3.30. The summed E-state index contributed by atoms with van der Waals surface area (Å²) in [6.45, 7) is 6.17. The lowest BCUT2D eigenvalue weighted by atomic mass is 10.1. The van der Waals surface area contributed by atoms with Crippen molar-refractivity contribution < 1.29 is 4.79 Å². The van der Waals surface area contributed by atoms with Crippen LogP contribution in [0.25, 0.3) is 0 Å². The first kappa shape index (κ1) is 13.5. The number of halogens is 1. The molecule has 0 aliphatic carbocycles. The minimum Gasteiger partial charge on any atom is -0.347 e. The Bertz CT molecular complexity index is 349. The molecule has 0 aliphatic heterocycles. The highest BCUT2D eigenvalue weighted by Crippen LogP contribution is 2.18. The van der Waals surface area contributed by atoms with Gasteiger partial charge >= 0.3 is 0 Å². The quantitative estimate of drug-likeness (QED) is 0.808. The molecule has 0 fully saturated rings. The van der Waals surface area contributed by atoms with E-state index in [0.29, 0.717) is 11.8 Å². The van der Waals surface area contributed by atoms with Crippen LogP contribution in [-0.2, 0) is 6.42 Å². The summed E-state index contributed by atoms with van der Waals surface area (Å²) in [6, 6.07) is 2.05. The Labute approximate surface area is 106 Å². The van der Waals surface area contributed by atoms with Crippen LogP contribution in [0.15, 0.2) is 11.4 Å². The third-order valence-corrected chi connectivity index (χ3v) is 3.91. The van der Waals surface area contributed by atoms with Crippen molar-refractivity contribution in [3.63, 3.8) is 0 Å². The molecule has 4 heteroatoms. The van der Waals surface area contributed by atoms with Crippen LogP contribution in [0.3, 0.4) is 0 Å². The number of rotatable bonds is 5. The van der Waals surface area contributed by atoms with E-state index in [4.69, 9.17) is 11.6 Å². The lowest BCUT2D eigenvalue weighted by Gasteiger charge is -2.19. The molecule has 1 aromatic rings. The summed E-state index contributed by atoms with van der Waals surface area (Å²) >= 11 is 7.32. The number of alkyl halides is 1. The lowest BCUT2D eigenvalue weighted by Crippen LogP contribution is -2.39. The zero-order valence-corrected chi connectivity index (χ0v) is 11.5. The highest BCUT2D eigenvalue weighted by molar-refractivity contribution is 7.12. The molecular formula is C12H18ClNOS. The molecule has 1 amide bonds. The van der Waals surface area contributed by atoms with Gasteiger partial charge in [0.15, 0.2) is 0 Å². The van der Waals surface area contributed by atoms with E-state index in [1.54, 1.807) is 0 Å². The van der Waals surface area contributed by atoms with E-state index in [1.807, 2.05) is 11.4 Å². The van der Waals surface area contributed by atoms with Gasteiger partial charge in [-0.25, -0.2) is 0 Å². The van der Waals surface area contributed by atoms with Crippen LogP contribution < -0.4 is 5.32 Å². The van der Waals surface area contributed by atoms with Crippen molar-refractivity contribution in [2.75, 3.05) is 5.88 Å². The molecule has 1 aromatic heterocycles. The Morgan fingerprint density at radius 2 is 2.25 bits per heavy atom. The normalized spacial score (nSPS) is 12.8. The first-order chi connectivity index (χ1) is 7.60. The zero-order chi connectivity index (χ0) is 12.1. The van der Waals surface area contributed by atoms with E-state index in [2.05, 4.69) is 26.1 Å². The van der Waals surface area contributed by atoms with Gasteiger partial charge in [-0.1, -0.05) is 20.8 Å². The fourth-order valence-electron chi connectivity index (χ4n) is 1.43. The largest absolute Gasteiger partial charge is 0.347 e. The molecule has 0 saturated carbocycles. The molecule has 0 saturated heterocycles. The molecule has 0 bridgehead atoms. The lowest BCUT2D eigenvalue weighted by molar-refractivity contribution is 0.0934. The molecule has 0 aliphatic rings. The summed E-state index contributed by atoms with van der Waals surface area (Å²) in [5, 5.41) is 4.94. The number of hydrogen-bond acceptors (Lipinski definition) is 2. The number of carbonyl (C=O) groups excluding carboxylic acids is 1. The summed E-state index contributed by atoms with van der Waals surface area (Å²) < 4.78 is 0. The Kier molecular flexibility index (Phi) is 5.29. The monoisotopic (exact) mass is 259 g/mol. The maximum Gasteiger partial charge on any atom is 0.261 e. The second kappa shape index (κ2) is 6.26. The van der Waals surface area contributed by atoms with Crippen molar-refractivity contribution in [1.29, 1.82) is 0 Å². The van der Waals surface area contributed by atoms with Crippen molar-refractivity contribution in [3.8, 4) is 0 Å². The molecule has 1 N–H and O–H groups in total. The summed E-state index contributed by atoms with van der Waals surface area (Å²) in [7, 11) is 0. The maximum atomic E-state index is 12.0. The average molecular weight is 260 g/mol. The van der Waals surface area contributed by atoms with Crippen molar-refractivity contribution in [3.05, 3.63) is 21.9 Å². The van der Waals surface area contributed by atoms with Crippen molar-refractivity contribution in [1.82, 2.24) is 5.32 Å². The zero-order valence-electron chi connectivity index (χ0n) is 9.92. The molecule has 1 rings (SSSR count). The Balaban J connectivity index is 2.71. The van der Waals surface area contributed by atoms with E-state index in [9.17, 15) is 4.79 Å². The number of nitrogens with one attached hydrogen (secondary N) is 1. The fraction of sp³-hybridized carbons (Fsp3) is 0.583. The van der Waals surface area contributed by atoms with Gasteiger partial charge in [-0.15, -0.1) is 22.9 Å². The van der Waals surface area contributed by atoms with Gasteiger partial charge in [0.1, 0.15) is 0 Å². The molecule has 1 unspecified atom stereocenters. The molecule has 0 spiro atoms. The Morgan fingerprint density at radius 1 is 1.56 bits per heavy atom. The number of amides is 1. The van der Waals surface area contributed by atoms with E-state index < -0.39 is 0 Å². The fourth-order valence-corrected chi connectivity index (χ4v) is 2.76. The molecule has 16 heavy (non-hydrogen) atoms. The SMILES string of the molecule is CCc1ccsc1C(=O)NC(CCl)C(C)C. The van der Waals surface area contributed by atoms with Crippen LogP contribution in [0.4, 0.5) is 0 Å². The predicted molar refractivity (Wildman–Crippen MR) is 70.5 cm³/mol. The van der Waals surface area contributed by atoms with Crippen LogP contribution in [0.2, 0.25) is 0 Å². The van der Waals surface area contributed by atoms with Gasteiger partial charge in [-0.3, -0.25) is 4.79 Å². The summed E-state index contributed by atoms with van der Waals surface area (Å²) in [4.78, 5) is 12.8. The van der Waals surface area contributed by atoms with E-state index in [1.165, 1.54) is 11.3 Å². The van der Waals surface area contributed by atoms with Crippen molar-refractivity contribution >= 4 is 28.8 Å². The molecule has 0 radical (unpaired) electrons. The molecule has 90 valence electrons. The maximum absolute atomic E-state index is 12.0. The van der Waals surface area contributed by atoms with Gasteiger partial charge in [0.2, 0.25) is 0 Å². The van der Waals surface area contributed by atoms with Crippen LogP contribution in [-0.4, -0.2) is 17.8 Å². The van der Waals surface area contributed by atoms with E-state index >= 15 is 0 Å². The smallest absolute Gasteiger partial charge is 0.261 e. The number of aryl methyl sites for hydroxylation is 1. The standard InChI is InChI=1S/C12H18ClNOS/c1-4-9-5-6-16-11(9)12(15)14-10(7-13)8(2)3/h5-6,8,10H,4,7H2,1-3H3,(H,14,15). The minimum atomic E-state index is 0.00574. The minimum absolute atomic E-state index is 0.00574. The number of carbonyl (C=O) groups is 1. The van der Waals surface area contributed by atoms with Crippen LogP contribution in [0, 0.1) is 5.92 Å². The van der Waals surface area contributed by atoms with Gasteiger partial charge in [-0.05, 0) is 29.3 Å². The van der Waals surface area contributed by atoms with Crippen molar-refractivity contribution in [2.24, 2.45) is 5.92 Å². The van der Waals surface area contributed by atoms with Crippen LogP contribution >= 0.6 is 22.9 Å². The van der Waals surface area contributed by atoms with Crippen LogP contribution in [0.1, 0.15) is 36.0 Å².